The highest BCUT2D eigenvalue weighted by molar-refractivity contribution is 8.00. The quantitative estimate of drug-likeness (QED) is 0.800. The lowest BCUT2D eigenvalue weighted by Gasteiger charge is -2.12. The molecular weight excluding hydrogens is 306 g/mol. The molecule has 1 rings (SSSR count). The van der Waals surface area contributed by atoms with Gasteiger partial charge in [-0.25, -0.2) is 0 Å². The molecule has 0 unspecified atom stereocenters. The normalized spacial score (nSPS) is 9.95. The first-order valence-corrected chi connectivity index (χ1v) is 7.02. The van der Waals surface area contributed by atoms with Crippen molar-refractivity contribution >= 4 is 40.9 Å². The maximum atomic E-state index is 11.6. The summed E-state index contributed by atoms with van der Waals surface area (Å²) in [4.78, 5) is 22.0. The Morgan fingerprint density at radius 3 is 2.40 bits per heavy atom. The zero-order valence-electron chi connectivity index (χ0n) is 10.9. The molecule has 1 aromatic carbocycles. The highest BCUT2D eigenvalue weighted by Gasteiger charge is 2.12. The molecule has 0 heterocycles. The summed E-state index contributed by atoms with van der Waals surface area (Å²) in [5, 5.41) is 11.4. The van der Waals surface area contributed by atoms with Crippen LogP contribution in [0.2, 0.25) is 5.02 Å². The number of aliphatic carboxylic acids is 1. The minimum Gasteiger partial charge on any atom is -0.493 e. The third kappa shape index (κ3) is 4.82. The van der Waals surface area contributed by atoms with Gasteiger partial charge in [0.05, 0.1) is 36.4 Å². The van der Waals surface area contributed by atoms with E-state index < -0.39 is 5.97 Å². The highest BCUT2D eigenvalue weighted by atomic mass is 35.5. The molecule has 2 N–H and O–H groups in total. The summed E-state index contributed by atoms with van der Waals surface area (Å²) < 4.78 is 10.2. The van der Waals surface area contributed by atoms with Crippen molar-refractivity contribution in [3.8, 4) is 11.5 Å². The van der Waals surface area contributed by atoms with Crippen molar-refractivity contribution in [1.29, 1.82) is 0 Å². The Balaban J connectivity index is 2.72. The minimum absolute atomic E-state index is 0.0248. The molecule has 0 spiro atoms. The van der Waals surface area contributed by atoms with E-state index in [9.17, 15) is 9.59 Å². The van der Waals surface area contributed by atoms with Crippen molar-refractivity contribution < 1.29 is 24.2 Å². The van der Waals surface area contributed by atoms with Gasteiger partial charge in [0.25, 0.3) is 0 Å². The van der Waals surface area contributed by atoms with E-state index in [1.165, 1.54) is 20.3 Å². The molecule has 1 amide bonds. The first-order valence-electron chi connectivity index (χ1n) is 5.48. The Hall–Kier alpha value is -1.60. The van der Waals surface area contributed by atoms with Crippen LogP contribution in [-0.2, 0) is 9.59 Å². The number of methoxy groups -OCH3 is 2. The number of carboxylic acid groups (broad SMARTS) is 1. The van der Waals surface area contributed by atoms with Gasteiger partial charge in [0, 0.05) is 12.1 Å². The fourth-order valence-electron chi connectivity index (χ4n) is 1.37. The van der Waals surface area contributed by atoms with Gasteiger partial charge < -0.3 is 19.9 Å². The zero-order chi connectivity index (χ0) is 15.1. The Morgan fingerprint density at radius 2 is 1.85 bits per heavy atom. The number of anilines is 1. The summed E-state index contributed by atoms with van der Waals surface area (Å²) in [6, 6.07) is 3.07. The molecule has 20 heavy (non-hydrogen) atoms. The van der Waals surface area contributed by atoms with Crippen LogP contribution in [0, 0.1) is 0 Å². The molecule has 0 bridgehead atoms. The second-order valence-electron chi connectivity index (χ2n) is 3.62. The average molecular weight is 320 g/mol. The van der Waals surface area contributed by atoms with Gasteiger partial charge in [0.15, 0.2) is 11.5 Å². The van der Waals surface area contributed by atoms with Crippen LogP contribution in [0.5, 0.6) is 11.5 Å². The van der Waals surface area contributed by atoms with Gasteiger partial charge >= 0.3 is 5.97 Å². The third-order valence-corrected chi connectivity index (χ3v) is 3.44. The summed E-state index contributed by atoms with van der Waals surface area (Å²) in [7, 11) is 2.95. The Labute approximate surface area is 125 Å². The predicted molar refractivity (Wildman–Crippen MR) is 78.1 cm³/mol. The summed E-state index contributed by atoms with van der Waals surface area (Å²) in [6.07, 6.45) is 0. The lowest BCUT2D eigenvalue weighted by atomic mass is 10.2. The second-order valence-corrected chi connectivity index (χ2v) is 5.01. The number of ether oxygens (including phenoxy) is 2. The van der Waals surface area contributed by atoms with Crippen LogP contribution in [0.4, 0.5) is 5.69 Å². The number of benzene rings is 1. The molecule has 1 aromatic rings. The van der Waals surface area contributed by atoms with Crippen LogP contribution in [0.3, 0.4) is 0 Å². The van der Waals surface area contributed by atoms with E-state index in [4.69, 9.17) is 26.2 Å². The van der Waals surface area contributed by atoms with Crippen LogP contribution in [0.25, 0.3) is 0 Å². The fraction of sp³-hybridized carbons (Fsp3) is 0.333. The highest BCUT2D eigenvalue weighted by Crippen LogP contribution is 2.35. The lowest BCUT2D eigenvalue weighted by molar-refractivity contribution is -0.133. The number of carbonyl (C=O) groups is 2. The number of rotatable bonds is 7. The molecule has 0 fully saturated rings. The summed E-state index contributed by atoms with van der Waals surface area (Å²) in [5.41, 5.74) is 0.380. The molecule has 0 saturated heterocycles. The number of hydrogen-bond acceptors (Lipinski definition) is 5. The van der Waals surface area contributed by atoms with Crippen LogP contribution in [0.15, 0.2) is 12.1 Å². The second kappa shape index (κ2) is 7.86. The topological polar surface area (TPSA) is 84.9 Å². The number of carboxylic acids is 1. The first-order chi connectivity index (χ1) is 9.47. The number of halogens is 1. The monoisotopic (exact) mass is 319 g/mol. The molecule has 0 aliphatic rings. The van der Waals surface area contributed by atoms with Crippen molar-refractivity contribution in [2.75, 3.05) is 31.0 Å². The summed E-state index contributed by atoms with van der Waals surface area (Å²) in [5.74, 6) is -0.525. The molecule has 6 nitrogen and oxygen atoms in total. The average Bonchev–Trinajstić information content (AvgIpc) is 2.40. The molecule has 0 aromatic heterocycles. The minimum atomic E-state index is -0.966. The van der Waals surface area contributed by atoms with Gasteiger partial charge in [0.2, 0.25) is 5.91 Å². The van der Waals surface area contributed by atoms with Gasteiger partial charge in [0.1, 0.15) is 0 Å². The Bertz CT molecular complexity index is 509. The molecule has 0 saturated carbocycles. The maximum absolute atomic E-state index is 11.6. The summed E-state index contributed by atoms with van der Waals surface area (Å²) in [6.45, 7) is 0. The van der Waals surface area contributed by atoms with Crippen LogP contribution in [0.1, 0.15) is 0 Å². The molecule has 110 valence electrons. The van der Waals surface area contributed by atoms with E-state index in [0.29, 0.717) is 22.2 Å². The number of thioether (sulfide) groups is 1. The number of carbonyl (C=O) groups excluding carboxylic acids is 1. The van der Waals surface area contributed by atoms with Gasteiger partial charge in [-0.15, -0.1) is 11.8 Å². The maximum Gasteiger partial charge on any atom is 0.313 e. The largest absolute Gasteiger partial charge is 0.493 e. The number of nitrogens with one attached hydrogen (secondary N) is 1. The van der Waals surface area contributed by atoms with Gasteiger partial charge in [-0.3, -0.25) is 9.59 Å². The third-order valence-electron chi connectivity index (χ3n) is 2.21. The van der Waals surface area contributed by atoms with Crippen LogP contribution in [-0.4, -0.2) is 42.7 Å². The van der Waals surface area contributed by atoms with Gasteiger partial charge in [-0.1, -0.05) is 11.6 Å². The fourth-order valence-corrected chi connectivity index (χ4v) is 2.10. The number of amides is 1. The van der Waals surface area contributed by atoms with E-state index in [-0.39, 0.29) is 17.4 Å². The first kappa shape index (κ1) is 16.5. The number of hydrogen-bond donors (Lipinski definition) is 2. The SMILES string of the molecule is COc1cc(Cl)c(NC(=O)CSCC(=O)O)cc1OC. The van der Waals surface area contributed by atoms with Crippen LogP contribution < -0.4 is 14.8 Å². The lowest BCUT2D eigenvalue weighted by Crippen LogP contribution is -2.15. The molecule has 0 radical (unpaired) electrons. The molecule has 0 aliphatic carbocycles. The summed E-state index contributed by atoms with van der Waals surface area (Å²) >= 11 is 7.02. The Morgan fingerprint density at radius 1 is 1.25 bits per heavy atom. The molecular formula is C12H14ClNO5S. The van der Waals surface area contributed by atoms with E-state index in [1.54, 1.807) is 6.07 Å². The van der Waals surface area contributed by atoms with Crippen LogP contribution >= 0.6 is 23.4 Å². The smallest absolute Gasteiger partial charge is 0.313 e. The molecule has 8 heteroatoms. The van der Waals surface area contributed by atoms with Gasteiger partial charge in [-0.2, -0.15) is 0 Å². The predicted octanol–water partition coefficient (Wildman–Crippen LogP) is 2.11. The molecule has 0 atom stereocenters. The van der Waals surface area contributed by atoms with Gasteiger partial charge in [-0.05, 0) is 0 Å². The van der Waals surface area contributed by atoms with Crippen molar-refractivity contribution in [3.63, 3.8) is 0 Å². The van der Waals surface area contributed by atoms with E-state index in [2.05, 4.69) is 5.32 Å². The van der Waals surface area contributed by atoms with Crippen molar-refractivity contribution in [2.24, 2.45) is 0 Å². The Kier molecular flexibility index (Phi) is 6.47. The van der Waals surface area contributed by atoms with Crippen molar-refractivity contribution in [1.82, 2.24) is 0 Å². The standard InChI is InChI=1S/C12H14ClNO5S/c1-18-9-3-7(13)8(4-10(9)19-2)14-11(15)5-20-6-12(16)17/h3-4H,5-6H2,1-2H3,(H,14,15)(H,16,17). The van der Waals surface area contributed by atoms with E-state index in [0.717, 1.165) is 11.8 Å². The zero-order valence-corrected chi connectivity index (χ0v) is 12.5. The van der Waals surface area contributed by atoms with E-state index >= 15 is 0 Å². The molecule has 0 aliphatic heterocycles. The van der Waals surface area contributed by atoms with E-state index in [1.807, 2.05) is 0 Å². The van der Waals surface area contributed by atoms with Crippen molar-refractivity contribution in [2.45, 2.75) is 0 Å². The van der Waals surface area contributed by atoms with Crippen molar-refractivity contribution in [3.05, 3.63) is 17.2 Å².